The molecule has 27 heavy (non-hydrogen) atoms. The fourth-order valence-electron chi connectivity index (χ4n) is 2.52. The molecule has 0 bridgehead atoms. The van der Waals surface area contributed by atoms with Crippen molar-refractivity contribution in [3.63, 3.8) is 0 Å². The Kier molecular flexibility index (Phi) is 5.33. The second-order valence-electron chi connectivity index (χ2n) is 5.48. The highest BCUT2D eigenvalue weighted by molar-refractivity contribution is 9.10. The lowest BCUT2D eigenvalue weighted by atomic mass is 10.1. The van der Waals surface area contributed by atoms with Crippen molar-refractivity contribution in [2.24, 2.45) is 0 Å². The van der Waals surface area contributed by atoms with Crippen LogP contribution >= 0.6 is 31.9 Å². The number of carbonyl (C=O) groups is 3. The van der Waals surface area contributed by atoms with Crippen molar-refractivity contribution in [1.82, 2.24) is 5.32 Å². The molecule has 1 aliphatic heterocycles. The van der Waals surface area contributed by atoms with Gasteiger partial charge in [0.15, 0.2) is 11.5 Å². The zero-order chi connectivity index (χ0) is 19.7. The number of urea groups is 1. The van der Waals surface area contributed by atoms with E-state index in [0.29, 0.717) is 14.6 Å². The van der Waals surface area contributed by atoms with Gasteiger partial charge in [0.25, 0.3) is 11.8 Å². The molecular weight excluding hydrogens is 484 g/mol. The SMILES string of the molecule is COc1cc(Br)cc(/C=C2/C(=O)NC(=O)N(c3cccc(Br)c3)C2=O)c1O. The molecule has 0 aromatic heterocycles. The number of benzene rings is 2. The summed E-state index contributed by atoms with van der Waals surface area (Å²) >= 11 is 6.55. The third kappa shape index (κ3) is 3.74. The molecule has 0 radical (unpaired) electrons. The number of phenolic OH excluding ortho intramolecular Hbond substituents is 1. The molecule has 2 aromatic carbocycles. The van der Waals surface area contributed by atoms with Crippen LogP contribution in [0.1, 0.15) is 5.56 Å². The number of barbiturate groups is 1. The van der Waals surface area contributed by atoms with E-state index in [4.69, 9.17) is 4.74 Å². The lowest BCUT2D eigenvalue weighted by Gasteiger charge is -2.26. The van der Waals surface area contributed by atoms with Crippen molar-refractivity contribution in [3.05, 3.63) is 56.5 Å². The maximum atomic E-state index is 12.8. The Morgan fingerprint density at radius 1 is 1.11 bits per heavy atom. The van der Waals surface area contributed by atoms with Gasteiger partial charge in [0.05, 0.1) is 12.8 Å². The van der Waals surface area contributed by atoms with Gasteiger partial charge in [0, 0.05) is 14.5 Å². The molecule has 0 unspecified atom stereocenters. The van der Waals surface area contributed by atoms with Crippen LogP contribution in [0.3, 0.4) is 0 Å². The third-order valence-electron chi connectivity index (χ3n) is 3.76. The molecule has 0 atom stereocenters. The molecule has 2 aromatic rings. The van der Waals surface area contributed by atoms with Crippen LogP contribution in [0.25, 0.3) is 6.08 Å². The van der Waals surface area contributed by atoms with Crippen molar-refractivity contribution >= 4 is 61.5 Å². The molecule has 1 heterocycles. The summed E-state index contributed by atoms with van der Waals surface area (Å²) in [5.74, 6) is -1.73. The van der Waals surface area contributed by atoms with Crippen LogP contribution < -0.4 is 15.0 Å². The molecule has 1 fully saturated rings. The Balaban J connectivity index is 2.09. The average Bonchev–Trinajstić information content (AvgIpc) is 2.61. The molecule has 4 amide bonds. The van der Waals surface area contributed by atoms with Crippen LogP contribution in [0.2, 0.25) is 0 Å². The number of rotatable bonds is 3. The predicted octanol–water partition coefficient (Wildman–Crippen LogP) is 3.59. The average molecular weight is 496 g/mol. The van der Waals surface area contributed by atoms with Crippen molar-refractivity contribution in [3.8, 4) is 11.5 Å². The van der Waals surface area contributed by atoms with Gasteiger partial charge < -0.3 is 9.84 Å². The predicted molar refractivity (Wildman–Crippen MR) is 106 cm³/mol. The second kappa shape index (κ2) is 7.53. The van der Waals surface area contributed by atoms with E-state index in [1.54, 1.807) is 24.3 Å². The van der Waals surface area contributed by atoms with Gasteiger partial charge in [-0.15, -0.1) is 0 Å². The Morgan fingerprint density at radius 2 is 1.85 bits per heavy atom. The summed E-state index contributed by atoms with van der Waals surface area (Å²) in [6.07, 6.45) is 1.21. The highest BCUT2D eigenvalue weighted by Gasteiger charge is 2.37. The van der Waals surface area contributed by atoms with Crippen LogP contribution in [-0.4, -0.2) is 30.1 Å². The first-order valence-corrected chi connectivity index (χ1v) is 9.14. The first-order chi connectivity index (χ1) is 12.8. The number of ether oxygens (including phenoxy) is 1. The summed E-state index contributed by atoms with van der Waals surface area (Å²) in [6.45, 7) is 0. The number of methoxy groups -OCH3 is 1. The molecule has 0 spiro atoms. The molecule has 138 valence electrons. The molecule has 1 saturated heterocycles. The van der Waals surface area contributed by atoms with E-state index in [1.165, 1.54) is 25.3 Å². The molecule has 9 heteroatoms. The van der Waals surface area contributed by atoms with Crippen LogP contribution in [0.4, 0.5) is 10.5 Å². The number of aromatic hydroxyl groups is 1. The number of hydrogen-bond acceptors (Lipinski definition) is 5. The van der Waals surface area contributed by atoms with Crippen LogP contribution in [-0.2, 0) is 9.59 Å². The van der Waals surface area contributed by atoms with Gasteiger partial charge in [0.1, 0.15) is 5.57 Å². The summed E-state index contributed by atoms with van der Waals surface area (Å²) in [6, 6.07) is 8.74. The molecule has 3 rings (SSSR count). The minimum absolute atomic E-state index is 0.166. The van der Waals surface area contributed by atoms with E-state index in [1.807, 2.05) is 0 Å². The number of halogens is 2. The summed E-state index contributed by atoms with van der Waals surface area (Å²) < 4.78 is 6.31. The highest BCUT2D eigenvalue weighted by atomic mass is 79.9. The number of hydrogen-bond donors (Lipinski definition) is 2. The smallest absolute Gasteiger partial charge is 0.335 e. The Labute approximate surface area is 170 Å². The largest absolute Gasteiger partial charge is 0.504 e. The van der Waals surface area contributed by atoms with Gasteiger partial charge in [-0.2, -0.15) is 0 Å². The number of nitrogens with one attached hydrogen (secondary N) is 1. The van der Waals surface area contributed by atoms with Crippen molar-refractivity contribution in [2.75, 3.05) is 12.0 Å². The first-order valence-electron chi connectivity index (χ1n) is 7.55. The zero-order valence-corrected chi connectivity index (χ0v) is 17.0. The first kappa shape index (κ1) is 19.1. The topological polar surface area (TPSA) is 95.9 Å². The summed E-state index contributed by atoms with van der Waals surface area (Å²) in [7, 11) is 1.38. The maximum Gasteiger partial charge on any atom is 0.335 e. The molecule has 7 nitrogen and oxygen atoms in total. The Bertz CT molecular complexity index is 1000. The van der Waals surface area contributed by atoms with Crippen molar-refractivity contribution < 1.29 is 24.2 Å². The van der Waals surface area contributed by atoms with Gasteiger partial charge >= 0.3 is 6.03 Å². The number of phenols is 1. The monoisotopic (exact) mass is 494 g/mol. The lowest BCUT2D eigenvalue weighted by molar-refractivity contribution is -0.122. The number of imide groups is 2. The number of nitrogens with zero attached hydrogens (tertiary/aromatic N) is 1. The fraction of sp³-hybridized carbons (Fsp3) is 0.0556. The number of amides is 4. The fourth-order valence-corrected chi connectivity index (χ4v) is 3.36. The molecule has 1 aliphatic rings. The molecule has 0 saturated carbocycles. The van der Waals surface area contributed by atoms with E-state index < -0.39 is 17.8 Å². The van der Waals surface area contributed by atoms with Gasteiger partial charge in [-0.3, -0.25) is 14.9 Å². The normalized spacial score (nSPS) is 15.9. The standard InChI is InChI=1S/C18H12Br2N2O5/c1-27-14-8-11(20)5-9(15(14)23)6-13-16(24)21-18(26)22(17(13)25)12-4-2-3-10(19)7-12/h2-8,23H,1H3,(H,21,24,26)/b13-6-. The minimum atomic E-state index is -0.852. The van der Waals surface area contributed by atoms with Gasteiger partial charge in [-0.05, 0) is 36.4 Å². The number of carbonyl (C=O) groups excluding carboxylic acids is 3. The van der Waals surface area contributed by atoms with E-state index >= 15 is 0 Å². The lowest BCUT2D eigenvalue weighted by Crippen LogP contribution is -2.54. The van der Waals surface area contributed by atoms with Crippen LogP contribution in [0.15, 0.2) is 50.9 Å². The van der Waals surface area contributed by atoms with Gasteiger partial charge in [-0.25, -0.2) is 9.69 Å². The zero-order valence-electron chi connectivity index (χ0n) is 13.8. The molecule has 2 N–H and O–H groups in total. The van der Waals surface area contributed by atoms with Crippen molar-refractivity contribution in [1.29, 1.82) is 0 Å². The van der Waals surface area contributed by atoms with Gasteiger partial charge in [0.2, 0.25) is 0 Å². The van der Waals surface area contributed by atoms with E-state index in [0.717, 1.165) is 4.90 Å². The van der Waals surface area contributed by atoms with E-state index in [-0.39, 0.29) is 22.6 Å². The van der Waals surface area contributed by atoms with Crippen LogP contribution in [0.5, 0.6) is 11.5 Å². The van der Waals surface area contributed by atoms with E-state index in [9.17, 15) is 19.5 Å². The summed E-state index contributed by atoms with van der Waals surface area (Å²) in [5.41, 5.74) is 0.176. The third-order valence-corrected chi connectivity index (χ3v) is 4.71. The van der Waals surface area contributed by atoms with Gasteiger partial charge in [-0.1, -0.05) is 37.9 Å². The summed E-state index contributed by atoms with van der Waals surface area (Å²) in [5, 5.41) is 12.4. The van der Waals surface area contributed by atoms with Crippen LogP contribution in [0, 0.1) is 0 Å². The maximum absolute atomic E-state index is 12.8. The molecular formula is C18H12Br2N2O5. The van der Waals surface area contributed by atoms with E-state index in [2.05, 4.69) is 37.2 Å². The Hall–Kier alpha value is -2.65. The molecule has 0 aliphatic carbocycles. The van der Waals surface area contributed by atoms with Crippen molar-refractivity contribution in [2.45, 2.75) is 0 Å². The second-order valence-corrected chi connectivity index (χ2v) is 7.31. The minimum Gasteiger partial charge on any atom is -0.504 e. The highest BCUT2D eigenvalue weighted by Crippen LogP contribution is 2.35. The Morgan fingerprint density at radius 3 is 2.52 bits per heavy atom. The quantitative estimate of drug-likeness (QED) is 0.501. The summed E-state index contributed by atoms with van der Waals surface area (Å²) in [4.78, 5) is 38.1. The number of anilines is 1.